The van der Waals surface area contributed by atoms with Crippen molar-refractivity contribution in [3.05, 3.63) is 33.7 Å². The Balaban J connectivity index is 1.97. The SMILES string of the molecule is CCCCCCCCOc1ccc(Cl)cc1/C=C1/SC(NC(C)=O)=NC1=O. The molecule has 0 atom stereocenters. The lowest BCUT2D eigenvalue weighted by molar-refractivity contribution is -0.117. The van der Waals surface area contributed by atoms with E-state index in [2.05, 4.69) is 17.2 Å². The molecule has 0 unspecified atom stereocenters. The highest BCUT2D eigenvalue weighted by Crippen LogP contribution is 2.32. The molecule has 146 valence electrons. The number of amidine groups is 1. The van der Waals surface area contributed by atoms with Gasteiger partial charge in [0, 0.05) is 17.5 Å². The molecule has 1 aromatic rings. The van der Waals surface area contributed by atoms with E-state index in [1.165, 1.54) is 32.6 Å². The Morgan fingerprint density at radius 1 is 1.26 bits per heavy atom. The Hall–Kier alpha value is -1.79. The van der Waals surface area contributed by atoms with Crippen LogP contribution in [0.15, 0.2) is 28.1 Å². The number of carbonyl (C=O) groups is 2. The first-order chi connectivity index (χ1) is 13.0. The van der Waals surface area contributed by atoms with E-state index in [0.29, 0.717) is 22.3 Å². The Labute approximate surface area is 169 Å². The summed E-state index contributed by atoms with van der Waals surface area (Å²) in [7, 11) is 0. The van der Waals surface area contributed by atoms with Gasteiger partial charge in [0.25, 0.3) is 5.91 Å². The molecule has 0 aliphatic carbocycles. The molecular weight excluding hydrogens is 384 g/mol. The molecule has 27 heavy (non-hydrogen) atoms. The minimum Gasteiger partial charge on any atom is -0.493 e. The molecule has 1 N–H and O–H groups in total. The number of carbonyl (C=O) groups excluding carboxylic acids is 2. The zero-order chi connectivity index (χ0) is 19.6. The third kappa shape index (κ3) is 7.39. The van der Waals surface area contributed by atoms with Crippen molar-refractivity contribution in [1.82, 2.24) is 5.32 Å². The predicted octanol–water partition coefficient (Wildman–Crippen LogP) is 5.19. The first kappa shape index (κ1) is 21.5. The molecule has 0 saturated heterocycles. The highest BCUT2D eigenvalue weighted by Gasteiger charge is 2.23. The quantitative estimate of drug-likeness (QED) is 0.451. The first-order valence-corrected chi connectivity index (χ1v) is 10.4. The summed E-state index contributed by atoms with van der Waals surface area (Å²) in [5, 5.41) is 3.38. The third-order valence-electron chi connectivity index (χ3n) is 3.92. The van der Waals surface area contributed by atoms with Crippen LogP contribution in [0.1, 0.15) is 57.9 Å². The van der Waals surface area contributed by atoms with Crippen LogP contribution >= 0.6 is 23.4 Å². The minimum atomic E-state index is -0.384. The zero-order valence-electron chi connectivity index (χ0n) is 15.7. The van der Waals surface area contributed by atoms with Gasteiger partial charge in [-0.2, -0.15) is 4.99 Å². The summed E-state index contributed by atoms with van der Waals surface area (Å²) in [5.41, 5.74) is 0.726. The second-order valence-electron chi connectivity index (χ2n) is 6.31. The molecule has 1 aliphatic heterocycles. The van der Waals surface area contributed by atoms with Gasteiger partial charge in [0.1, 0.15) is 5.75 Å². The van der Waals surface area contributed by atoms with Gasteiger partial charge in [-0.25, -0.2) is 0 Å². The standard InChI is InChI=1S/C20H25ClN2O3S/c1-3-4-5-6-7-8-11-26-17-10-9-16(21)12-15(17)13-18-19(25)23-20(27-18)22-14(2)24/h9-10,12-13H,3-8,11H2,1-2H3,(H,22,23,24,25)/b18-13+. The van der Waals surface area contributed by atoms with Crippen LogP contribution in [0.2, 0.25) is 5.02 Å². The van der Waals surface area contributed by atoms with Crippen LogP contribution in [0, 0.1) is 0 Å². The number of unbranched alkanes of at least 4 members (excludes halogenated alkanes) is 5. The number of nitrogens with one attached hydrogen (secondary N) is 1. The van der Waals surface area contributed by atoms with Gasteiger partial charge in [-0.3, -0.25) is 9.59 Å². The monoisotopic (exact) mass is 408 g/mol. The fourth-order valence-electron chi connectivity index (χ4n) is 2.58. The van der Waals surface area contributed by atoms with Gasteiger partial charge in [0.05, 0.1) is 11.5 Å². The molecule has 1 aliphatic rings. The lowest BCUT2D eigenvalue weighted by Crippen LogP contribution is -2.23. The summed E-state index contributed by atoms with van der Waals surface area (Å²) >= 11 is 7.23. The number of hydrogen-bond donors (Lipinski definition) is 1. The number of hydrogen-bond acceptors (Lipinski definition) is 4. The van der Waals surface area contributed by atoms with Crippen LogP contribution in [-0.4, -0.2) is 23.6 Å². The van der Waals surface area contributed by atoms with E-state index >= 15 is 0 Å². The van der Waals surface area contributed by atoms with Crippen molar-refractivity contribution in [3.63, 3.8) is 0 Å². The average molecular weight is 409 g/mol. The normalized spacial score (nSPS) is 15.1. The molecule has 1 aromatic carbocycles. The second-order valence-corrected chi connectivity index (χ2v) is 7.78. The highest BCUT2D eigenvalue weighted by molar-refractivity contribution is 8.18. The zero-order valence-corrected chi connectivity index (χ0v) is 17.3. The molecule has 0 bridgehead atoms. The van der Waals surface area contributed by atoms with Gasteiger partial charge < -0.3 is 10.1 Å². The maximum Gasteiger partial charge on any atom is 0.286 e. The summed E-state index contributed by atoms with van der Waals surface area (Å²) < 4.78 is 5.90. The fourth-order valence-corrected chi connectivity index (χ4v) is 3.61. The van der Waals surface area contributed by atoms with Crippen molar-refractivity contribution in [2.24, 2.45) is 4.99 Å². The molecule has 0 radical (unpaired) electrons. The molecule has 5 nitrogen and oxygen atoms in total. The highest BCUT2D eigenvalue weighted by atomic mass is 35.5. The van der Waals surface area contributed by atoms with Crippen LogP contribution in [0.5, 0.6) is 5.75 Å². The molecule has 0 aromatic heterocycles. The Morgan fingerprint density at radius 3 is 2.74 bits per heavy atom. The van der Waals surface area contributed by atoms with Crippen molar-refractivity contribution in [2.45, 2.75) is 52.4 Å². The topological polar surface area (TPSA) is 67.8 Å². The van der Waals surface area contributed by atoms with E-state index in [4.69, 9.17) is 16.3 Å². The van der Waals surface area contributed by atoms with Crippen molar-refractivity contribution in [2.75, 3.05) is 6.61 Å². The predicted molar refractivity (Wildman–Crippen MR) is 112 cm³/mol. The van der Waals surface area contributed by atoms with E-state index in [-0.39, 0.29) is 17.0 Å². The number of halogens is 1. The average Bonchev–Trinajstić information content (AvgIpc) is 2.94. The van der Waals surface area contributed by atoms with E-state index in [0.717, 1.165) is 30.2 Å². The largest absolute Gasteiger partial charge is 0.493 e. The number of aliphatic imine (C=N–C) groups is 1. The number of nitrogens with zero attached hydrogens (tertiary/aromatic N) is 1. The molecular formula is C20H25ClN2O3S. The molecule has 0 saturated carbocycles. The number of rotatable bonds is 9. The number of ether oxygens (including phenoxy) is 1. The maximum absolute atomic E-state index is 12.1. The van der Waals surface area contributed by atoms with E-state index in [9.17, 15) is 9.59 Å². The van der Waals surface area contributed by atoms with Crippen molar-refractivity contribution in [3.8, 4) is 5.75 Å². The number of benzene rings is 1. The molecule has 0 spiro atoms. The maximum atomic E-state index is 12.1. The van der Waals surface area contributed by atoms with E-state index < -0.39 is 0 Å². The summed E-state index contributed by atoms with van der Waals surface area (Å²) in [6.45, 7) is 4.20. The van der Waals surface area contributed by atoms with Crippen LogP contribution in [0.25, 0.3) is 6.08 Å². The molecule has 7 heteroatoms. The summed E-state index contributed by atoms with van der Waals surface area (Å²) in [6, 6.07) is 5.34. The minimum absolute atomic E-state index is 0.263. The Kier molecular flexibility index (Phi) is 8.88. The Bertz CT molecular complexity index is 747. The molecule has 2 amide bonds. The van der Waals surface area contributed by atoms with Gasteiger partial charge in [0.2, 0.25) is 5.91 Å². The molecule has 2 rings (SSSR count). The Morgan fingerprint density at radius 2 is 2.00 bits per heavy atom. The third-order valence-corrected chi connectivity index (χ3v) is 5.05. The summed E-state index contributed by atoms with van der Waals surface area (Å²) in [6.07, 6.45) is 8.85. The van der Waals surface area contributed by atoms with E-state index in [1.807, 2.05) is 6.07 Å². The van der Waals surface area contributed by atoms with Gasteiger partial charge in [0.15, 0.2) is 5.17 Å². The smallest absolute Gasteiger partial charge is 0.286 e. The lowest BCUT2D eigenvalue weighted by Gasteiger charge is -2.10. The van der Waals surface area contributed by atoms with Gasteiger partial charge in [-0.05, 0) is 42.5 Å². The van der Waals surface area contributed by atoms with Crippen LogP contribution in [0.4, 0.5) is 0 Å². The second kappa shape index (κ2) is 11.1. The molecule has 1 heterocycles. The number of thioether (sulfide) groups is 1. The van der Waals surface area contributed by atoms with Gasteiger partial charge >= 0.3 is 0 Å². The van der Waals surface area contributed by atoms with Gasteiger partial charge in [-0.1, -0.05) is 50.6 Å². The fraction of sp³-hybridized carbons (Fsp3) is 0.450. The van der Waals surface area contributed by atoms with Crippen molar-refractivity contribution in [1.29, 1.82) is 0 Å². The first-order valence-electron chi connectivity index (χ1n) is 9.22. The summed E-state index contributed by atoms with van der Waals surface area (Å²) in [5.74, 6) is 0.0356. The van der Waals surface area contributed by atoms with Crippen LogP contribution in [-0.2, 0) is 9.59 Å². The van der Waals surface area contributed by atoms with Crippen LogP contribution < -0.4 is 10.1 Å². The van der Waals surface area contributed by atoms with Crippen molar-refractivity contribution < 1.29 is 14.3 Å². The number of amides is 2. The van der Waals surface area contributed by atoms with E-state index in [1.54, 1.807) is 18.2 Å². The summed E-state index contributed by atoms with van der Waals surface area (Å²) in [4.78, 5) is 27.4. The van der Waals surface area contributed by atoms with Crippen LogP contribution in [0.3, 0.4) is 0 Å². The lowest BCUT2D eigenvalue weighted by atomic mass is 10.1. The molecule has 0 fully saturated rings. The van der Waals surface area contributed by atoms with Gasteiger partial charge in [-0.15, -0.1) is 0 Å². The van der Waals surface area contributed by atoms with Crippen molar-refractivity contribution >= 4 is 46.4 Å².